The number of carbonyl (C=O) groups is 3. The van der Waals surface area contributed by atoms with E-state index in [1.54, 1.807) is 20.8 Å². The van der Waals surface area contributed by atoms with Gasteiger partial charge in [-0.25, -0.2) is 9.59 Å². The van der Waals surface area contributed by atoms with Crippen LogP contribution in [0.15, 0.2) is 91.0 Å². The normalized spacial score (nSPS) is 20.7. The van der Waals surface area contributed by atoms with E-state index < -0.39 is 64.7 Å². The molecule has 54 heavy (non-hydrogen) atoms. The van der Waals surface area contributed by atoms with Crippen molar-refractivity contribution in [3.05, 3.63) is 108 Å². The van der Waals surface area contributed by atoms with Crippen molar-refractivity contribution in [3.8, 4) is 0 Å². The van der Waals surface area contributed by atoms with Crippen LogP contribution in [-0.2, 0) is 53.0 Å². The van der Waals surface area contributed by atoms with Crippen LogP contribution in [0.1, 0.15) is 56.7 Å². The Balaban J connectivity index is 1.67. The Morgan fingerprint density at radius 2 is 1.31 bits per heavy atom. The minimum Gasteiger partial charge on any atom is -0.445 e. The van der Waals surface area contributed by atoms with Gasteiger partial charge in [-0.2, -0.15) is 0 Å². The number of hydrogen-bond acceptors (Lipinski definition) is 9. The van der Waals surface area contributed by atoms with Gasteiger partial charge in [0.15, 0.2) is 0 Å². The summed E-state index contributed by atoms with van der Waals surface area (Å²) in [5, 5.41) is 5.69. The molecule has 3 aromatic carbocycles. The first-order chi connectivity index (χ1) is 25.8. The summed E-state index contributed by atoms with van der Waals surface area (Å²) in [6.45, 7) is 5.57. The van der Waals surface area contributed by atoms with E-state index in [2.05, 4.69) is 10.6 Å². The first-order valence-electron chi connectivity index (χ1n) is 17.8. The Morgan fingerprint density at radius 3 is 1.83 bits per heavy atom. The molecular formula is C40H49Cl3N2O9. The van der Waals surface area contributed by atoms with Gasteiger partial charge in [-0.3, -0.25) is 0 Å². The van der Waals surface area contributed by atoms with Crippen molar-refractivity contribution < 1.29 is 42.8 Å². The van der Waals surface area contributed by atoms with E-state index in [1.165, 1.54) is 0 Å². The number of halogens is 3. The van der Waals surface area contributed by atoms with Gasteiger partial charge in [0, 0.05) is 12.5 Å². The lowest BCUT2D eigenvalue weighted by Gasteiger charge is -2.47. The number of alkyl carbamates (subject to hydrolysis) is 2. The molecule has 11 nitrogen and oxygen atoms in total. The molecule has 4 rings (SSSR count). The topological polar surface area (TPSA) is 131 Å². The molecule has 14 heteroatoms. The number of rotatable bonds is 18. The molecule has 1 fully saturated rings. The van der Waals surface area contributed by atoms with Crippen molar-refractivity contribution >= 4 is 53.3 Å². The molecule has 0 aliphatic carbocycles. The highest BCUT2D eigenvalue weighted by atomic mass is 35.6. The van der Waals surface area contributed by atoms with Gasteiger partial charge >= 0.3 is 12.2 Å². The summed E-state index contributed by atoms with van der Waals surface area (Å²) in [5.74, 6) is 0. The molecule has 3 aromatic rings. The number of nitrogens with one attached hydrogen (secondary N) is 2. The standard InChI is InChI=1S/C40H49Cl3N2O9/c1-39(2,3)54-38(48)44-31(21-22-46)19-20-32-34(45-37(47)52-27-40(41,42)43)36(51-25-30-17-11-6-12-18-30)35(50-24-29-15-9-5-10-16-29)33(53-32)26-49-23-28-13-7-4-8-14-28/h4-18,22,31-36H,19-21,23-27H2,1-3H3,(H,44,48)(H,45,47)/t31-,32-,33+,34-,35+,36+/m0/s1. The molecule has 2 N–H and O–H groups in total. The second-order valence-corrected chi connectivity index (χ2v) is 16.4. The fraction of sp³-hybridized carbons (Fsp3) is 0.475. The van der Waals surface area contributed by atoms with Crippen molar-refractivity contribution in [2.75, 3.05) is 13.2 Å². The van der Waals surface area contributed by atoms with Crippen LogP contribution < -0.4 is 10.6 Å². The molecule has 0 radical (unpaired) electrons. The summed E-state index contributed by atoms with van der Waals surface area (Å²) in [5.41, 5.74) is 2.05. The van der Waals surface area contributed by atoms with Crippen LogP contribution in [0.5, 0.6) is 0 Å². The molecule has 1 aliphatic rings. The van der Waals surface area contributed by atoms with Crippen molar-refractivity contribution in [2.45, 2.75) is 106 Å². The van der Waals surface area contributed by atoms with Crippen molar-refractivity contribution in [3.63, 3.8) is 0 Å². The van der Waals surface area contributed by atoms with Crippen LogP contribution in [0.2, 0.25) is 0 Å². The van der Waals surface area contributed by atoms with E-state index in [0.29, 0.717) is 6.61 Å². The van der Waals surface area contributed by atoms with E-state index >= 15 is 0 Å². The number of alkyl halides is 3. The monoisotopic (exact) mass is 806 g/mol. The highest BCUT2D eigenvalue weighted by molar-refractivity contribution is 6.67. The first-order valence-corrected chi connectivity index (χ1v) is 18.9. The third-order valence-corrected chi connectivity index (χ3v) is 8.64. The van der Waals surface area contributed by atoms with E-state index in [9.17, 15) is 14.4 Å². The molecule has 0 bridgehead atoms. The number of aldehydes is 1. The predicted molar refractivity (Wildman–Crippen MR) is 206 cm³/mol. The van der Waals surface area contributed by atoms with Gasteiger partial charge in [0.2, 0.25) is 3.79 Å². The zero-order chi connectivity index (χ0) is 39.0. The Labute approximate surface area is 332 Å². The van der Waals surface area contributed by atoms with Gasteiger partial charge < -0.3 is 43.8 Å². The minimum atomic E-state index is -1.85. The van der Waals surface area contributed by atoms with Gasteiger partial charge in [-0.05, 0) is 50.3 Å². The predicted octanol–water partition coefficient (Wildman–Crippen LogP) is 7.87. The first kappa shape index (κ1) is 43.3. The summed E-state index contributed by atoms with van der Waals surface area (Å²) >= 11 is 17.7. The van der Waals surface area contributed by atoms with Gasteiger partial charge in [0.05, 0.1) is 38.6 Å². The maximum atomic E-state index is 13.3. The van der Waals surface area contributed by atoms with Crippen molar-refractivity contribution in [1.29, 1.82) is 0 Å². The Hall–Kier alpha value is -3.42. The molecular weight excluding hydrogens is 759 g/mol. The number of benzene rings is 3. The summed E-state index contributed by atoms with van der Waals surface area (Å²) in [6.07, 6.45) is -3.24. The van der Waals surface area contributed by atoms with Crippen LogP contribution in [0.3, 0.4) is 0 Å². The molecule has 0 aromatic heterocycles. The van der Waals surface area contributed by atoms with Crippen LogP contribution in [0, 0.1) is 0 Å². The molecule has 294 valence electrons. The Bertz CT molecular complexity index is 1560. The lowest BCUT2D eigenvalue weighted by molar-refractivity contribution is -0.233. The maximum absolute atomic E-state index is 13.3. The number of carbonyl (C=O) groups excluding carboxylic acids is 3. The van der Waals surface area contributed by atoms with Crippen molar-refractivity contribution in [1.82, 2.24) is 10.6 Å². The summed E-state index contributed by atoms with van der Waals surface area (Å²) in [6, 6.07) is 27.5. The largest absolute Gasteiger partial charge is 0.445 e. The minimum absolute atomic E-state index is 0.0235. The second-order valence-electron chi connectivity index (χ2n) is 13.9. The number of amides is 2. The average molecular weight is 808 g/mol. The fourth-order valence-corrected chi connectivity index (χ4v) is 6.07. The SMILES string of the molecule is CC(C)(C)OC(=O)N[C@H](CC=O)CC[C@@H]1O[C@H](COCc2ccccc2)[C@@H](OCc2ccccc2)[C@H](OCc2ccccc2)[C@H]1NC(=O)OCC(Cl)(Cl)Cl. The average Bonchev–Trinajstić information content (AvgIpc) is 3.12. The Morgan fingerprint density at radius 1 is 0.778 bits per heavy atom. The summed E-state index contributed by atoms with van der Waals surface area (Å²) in [4.78, 5) is 37.7. The molecule has 0 saturated carbocycles. The molecule has 2 amide bonds. The lowest BCUT2D eigenvalue weighted by Crippen LogP contribution is -2.65. The molecule has 1 saturated heterocycles. The highest BCUT2D eigenvalue weighted by Gasteiger charge is 2.48. The zero-order valence-corrected chi connectivity index (χ0v) is 32.9. The maximum Gasteiger partial charge on any atom is 0.407 e. The van der Waals surface area contributed by atoms with Crippen LogP contribution >= 0.6 is 34.8 Å². The second kappa shape index (κ2) is 21.6. The number of ether oxygens (including phenoxy) is 6. The van der Waals surface area contributed by atoms with Crippen LogP contribution in [0.25, 0.3) is 0 Å². The van der Waals surface area contributed by atoms with E-state index in [-0.39, 0.29) is 39.1 Å². The summed E-state index contributed by atoms with van der Waals surface area (Å²) in [7, 11) is 0. The fourth-order valence-electron chi connectivity index (χ4n) is 5.90. The van der Waals surface area contributed by atoms with Crippen molar-refractivity contribution in [2.24, 2.45) is 0 Å². The third kappa shape index (κ3) is 15.7. The van der Waals surface area contributed by atoms with Gasteiger partial charge in [-0.1, -0.05) is 126 Å². The summed E-state index contributed by atoms with van der Waals surface area (Å²) < 4.78 is 35.2. The molecule has 0 spiro atoms. The molecule has 6 atom stereocenters. The highest BCUT2D eigenvalue weighted by Crippen LogP contribution is 2.32. The van der Waals surface area contributed by atoms with Crippen LogP contribution in [-0.4, -0.2) is 77.6 Å². The van der Waals surface area contributed by atoms with Gasteiger partial charge in [0.1, 0.15) is 36.8 Å². The smallest absolute Gasteiger partial charge is 0.407 e. The molecule has 1 heterocycles. The van der Waals surface area contributed by atoms with Crippen LogP contribution in [0.4, 0.5) is 9.59 Å². The van der Waals surface area contributed by atoms with E-state index in [0.717, 1.165) is 23.0 Å². The molecule has 0 unspecified atom stereocenters. The van der Waals surface area contributed by atoms with Gasteiger partial charge in [0.25, 0.3) is 0 Å². The lowest BCUT2D eigenvalue weighted by atomic mass is 9.89. The Kier molecular flexibility index (Phi) is 17.3. The van der Waals surface area contributed by atoms with Gasteiger partial charge in [-0.15, -0.1) is 0 Å². The zero-order valence-electron chi connectivity index (χ0n) is 30.7. The number of hydrogen-bond donors (Lipinski definition) is 2. The molecule has 1 aliphatic heterocycles. The third-order valence-electron chi connectivity index (χ3n) is 8.31. The van der Waals surface area contributed by atoms with E-state index in [1.807, 2.05) is 91.0 Å². The quantitative estimate of drug-likeness (QED) is 0.0975. The van der Waals surface area contributed by atoms with E-state index in [4.69, 9.17) is 63.2 Å².